The molecule has 0 bridgehead atoms. The second-order valence-electron chi connectivity index (χ2n) is 4.38. The van der Waals surface area contributed by atoms with Crippen molar-refractivity contribution in [2.24, 2.45) is 5.92 Å². The Hall–Kier alpha value is -0.990. The van der Waals surface area contributed by atoms with E-state index in [-0.39, 0.29) is 0 Å². The molecule has 1 aromatic heterocycles. The van der Waals surface area contributed by atoms with Crippen molar-refractivity contribution in [1.82, 2.24) is 4.57 Å². The maximum absolute atomic E-state index is 6.24. The number of ether oxygens (including phenoxy) is 1. The highest BCUT2D eigenvalue weighted by Gasteiger charge is 2.17. The molecule has 1 aliphatic rings. The lowest BCUT2D eigenvalue weighted by atomic mass is 10.1. The zero-order valence-corrected chi connectivity index (χ0v) is 9.78. The lowest BCUT2D eigenvalue weighted by Gasteiger charge is -2.11. The van der Waals surface area contributed by atoms with Gasteiger partial charge in [0.05, 0.1) is 17.1 Å². The summed E-state index contributed by atoms with van der Waals surface area (Å²) in [4.78, 5) is 0. The molecule has 0 amide bonds. The Kier molecular flexibility index (Phi) is 2.62. The molecule has 16 heavy (non-hydrogen) atoms. The fourth-order valence-corrected chi connectivity index (χ4v) is 2.66. The molecule has 1 fully saturated rings. The van der Waals surface area contributed by atoms with Crippen LogP contribution in [0.3, 0.4) is 0 Å². The monoisotopic (exact) mass is 235 g/mol. The second kappa shape index (κ2) is 4.11. The Bertz CT molecular complexity index is 500. The van der Waals surface area contributed by atoms with Gasteiger partial charge in [0, 0.05) is 30.7 Å². The molecule has 0 saturated carbocycles. The van der Waals surface area contributed by atoms with E-state index < -0.39 is 0 Å². The Labute approximate surface area is 99.8 Å². The number of hydrogen-bond donors (Lipinski definition) is 0. The van der Waals surface area contributed by atoms with Crippen LogP contribution in [0.4, 0.5) is 0 Å². The largest absolute Gasteiger partial charge is 0.381 e. The van der Waals surface area contributed by atoms with Gasteiger partial charge in [0.1, 0.15) is 0 Å². The minimum atomic E-state index is 0.631. The van der Waals surface area contributed by atoms with E-state index in [1.54, 1.807) is 0 Å². The first-order chi connectivity index (χ1) is 7.84. The van der Waals surface area contributed by atoms with Crippen molar-refractivity contribution >= 4 is 22.5 Å². The summed E-state index contributed by atoms with van der Waals surface area (Å²) in [6.45, 7) is 2.79. The molecule has 1 aromatic carbocycles. The molecule has 2 heterocycles. The van der Waals surface area contributed by atoms with E-state index >= 15 is 0 Å². The average molecular weight is 236 g/mol. The molecule has 0 radical (unpaired) electrons. The molecule has 0 aliphatic carbocycles. The van der Waals surface area contributed by atoms with E-state index in [4.69, 9.17) is 16.3 Å². The molecule has 2 aromatic rings. The molecule has 1 aliphatic heterocycles. The van der Waals surface area contributed by atoms with Crippen molar-refractivity contribution in [1.29, 1.82) is 0 Å². The number of halogens is 1. The number of fused-ring (bicyclic) bond motifs is 1. The van der Waals surface area contributed by atoms with Crippen LogP contribution in [0, 0.1) is 5.92 Å². The van der Waals surface area contributed by atoms with Gasteiger partial charge in [0.25, 0.3) is 0 Å². The summed E-state index contributed by atoms with van der Waals surface area (Å²) in [5.74, 6) is 0.631. The van der Waals surface area contributed by atoms with E-state index in [0.717, 1.165) is 36.7 Å². The van der Waals surface area contributed by atoms with Gasteiger partial charge in [0.15, 0.2) is 0 Å². The molecular weight excluding hydrogens is 222 g/mol. The van der Waals surface area contributed by atoms with Gasteiger partial charge in [-0.3, -0.25) is 0 Å². The summed E-state index contributed by atoms with van der Waals surface area (Å²) in [6, 6.07) is 8.17. The van der Waals surface area contributed by atoms with Gasteiger partial charge in [-0.25, -0.2) is 0 Å². The van der Waals surface area contributed by atoms with Crippen molar-refractivity contribution in [3.05, 3.63) is 35.5 Å². The van der Waals surface area contributed by atoms with Crippen LogP contribution in [0.1, 0.15) is 6.42 Å². The van der Waals surface area contributed by atoms with Gasteiger partial charge in [0.2, 0.25) is 0 Å². The molecule has 2 nitrogen and oxygen atoms in total. The fourth-order valence-electron chi connectivity index (χ4n) is 2.37. The summed E-state index contributed by atoms with van der Waals surface area (Å²) in [7, 11) is 0. The number of nitrogens with zero attached hydrogens (tertiary/aromatic N) is 1. The molecule has 1 saturated heterocycles. The quantitative estimate of drug-likeness (QED) is 0.779. The first-order valence-corrected chi connectivity index (χ1v) is 6.03. The predicted molar refractivity (Wildman–Crippen MR) is 65.9 cm³/mol. The average Bonchev–Trinajstić information content (AvgIpc) is 2.90. The zero-order chi connectivity index (χ0) is 11.0. The van der Waals surface area contributed by atoms with Crippen LogP contribution in [0.2, 0.25) is 5.02 Å². The maximum Gasteiger partial charge on any atom is 0.0669 e. The van der Waals surface area contributed by atoms with Crippen LogP contribution < -0.4 is 0 Å². The predicted octanol–water partition coefficient (Wildman–Crippen LogP) is 3.33. The highest BCUT2D eigenvalue weighted by molar-refractivity contribution is 6.35. The summed E-state index contributed by atoms with van der Waals surface area (Å²) < 4.78 is 7.65. The third kappa shape index (κ3) is 1.72. The summed E-state index contributed by atoms with van der Waals surface area (Å²) >= 11 is 6.24. The minimum absolute atomic E-state index is 0.631. The molecule has 3 rings (SSSR count). The highest BCUT2D eigenvalue weighted by atomic mass is 35.5. The van der Waals surface area contributed by atoms with Crippen molar-refractivity contribution in [2.75, 3.05) is 13.2 Å². The van der Waals surface area contributed by atoms with Crippen molar-refractivity contribution < 1.29 is 4.74 Å². The molecule has 0 N–H and O–H groups in total. The highest BCUT2D eigenvalue weighted by Crippen LogP contribution is 2.26. The molecule has 1 unspecified atom stereocenters. The number of rotatable bonds is 2. The SMILES string of the molecule is Clc1cccc2ccn(CC3CCOC3)c12. The molecule has 0 spiro atoms. The molecule has 1 atom stereocenters. The van der Waals surface area contributed by atoms with Gasteiger partial charge in [-0.15, -0.1) is 0 Å². The van der Waals surface area contributed by atoms with Crippen molar-refractivity contribution in [3.8, 4) is 0 Å². The number of para-hydroxylation sites is 1. The molecular formula is C13H14ClNO. The summed E-state index contributed by atoms with van der Waals surface area (Å²) in [5.41, 5.74) is 1.15. The molecule has 84 valence electrons. The van der Waals surface area contributed by atoms with Gasteiger partial charge in [-0.2, -0.15) is 0 Å². The van der Waals surface area contributed by atoms with Gasteiger partial charge < -0.3 is 9.30 Å². The van der Waals surface area contributed by atoms with Crippen LogP contribution in [-0.2, 0) is 11.3 Å². The van der Waals surface area contributed by atoms with Gasteiger partial charge in [-0.05, 0) is 18.6 Å². The van der Waals surface area contributed by atoms with Crippen molar-refractivity contribution in [3.63, 3.8) is 0 Å². The maximum atomic E-state index is 6.24. The smallest absolute Gasteiger partial charge is 0.0669 e. The van der Waals surface area contributed by atoms with E-state index in [1.165, 1.54) is 5.39 Å². The lowest BCUT2D eigenvalue weighted by molar-refractivity contribution is 0.183. The first kappa shape index (κ1) is 10.2. The Morgan fingerprint density at radius 2 is 2.31 bits per heavy atom. The topological polar surface area (TPSA) is 14.2 Å². The molecule has 3 heteroatoms. The number of hydrogen-bond acceptors (Lipinski definition) is 1. The Morgan fingerprint density at radius 1 is 1.38 bits per heavy atom. The third-order valence-corrected chi connectivity index (χ3v) is 3.52. The van der Waals surface area contributed by atoms with E-state index in [9.17, 15) is 0 Å². The normalized spacial score (nSPS) is 20.7. The van der Waals surface area contributed by atoms with E-state index in [1.807, 2.05) is 12.1 Å². The van der Waals surface area contributed by atoms with Crippen LogP contribution in [-0.4, -0.2) is 17.8 Å². The Balaban J connectivity index is 1.97. The van der Waals surface area contributed by atoms with Gasteiger partial charge >= 0.3 is 0 Å². The summed E-state index contributed by atoms with van der Waals surface area (Å²) in [6.07, 6.45) is 3.28. The van der Waals surface area contributed by atoms with Crippen LogP contribution in [0.25, 0.3) is 10.9 Å². The minimum Gasteiger partial charge on any atom is -0.381 e. The second-order valence-corrected chi connectivity index (χ2v) is 4.78. The van der Waals surface area contributed by atoms with Crippen molar-refractivity contribution in [2.45, 2.75) is 13.0 Å². The van der Waals surface area contributed by atoms with E-state index in [2.05, 4.69) is 22.9 Å². The number of aromatic nitrogens is 1. The van der Waals surface area contributed by atoms with Crippen LogP contribution in [0.5, 0.6) is 0 Å². The fraction of sp³-hybridized carbons (Fsp3) is 0.385. The van der Waals surface area contributed by atoms with Crippen LogP contribution >= 0.6 is 11.6 Å². The summed E-state index contributed by atoms with van der Waals surface area (Å²) in [5, 5.41) is 2.05. The number of benzene rings is 1. The third-order valence-electron chi connectivity index (χ3n) is 3.22. The standard InChI is InChI=1S/C13H14ClNO/c14-12-3-1-2-11-4-6-15(13(11)12)8-10-5-7-16-9-10/h1-4,6,10H,5,7-9H2. The Morgan fingerprint density at radius 3 is 3.12 bits per heavy atom. The van der Waals surface area contributed by atoms with Gasteiger partial charge in [-0.1, -0.05) is 23.7 Å². The lowest BCUT2D eigenvalue weighted by Crippen LogP contribution is -2.09. The first-order valence-electron chi connectivity index (χ1n) is 5.66. The zero-order valence-electron chi connectivity index (χ0n) is 9.03. The van der Waals surface area contributed by atoms with E-state index in [0.29, 0.717) is 5.92 Å². The van der Waals surface area contributed by atoms with Crippen LogP contribution in [0.15, 0.2) is 30.5 Å².